The monoisotopic (exact) mass is 349 g/mol. The molecule has 1 aliphatic rings. The Kier molecular flexibility index (Phi) is 5.82. The highest BCUT2D eigenvalue weighted by Crippen LogP contribution is 2.29. The van der Waals surface area contributed by atoms with Crippen LogP contribution in [-0.2, 0) is 21.2 Å². The van der Waals surface area contributed by atoms with E-state index in [1.165, 1.54) is 12.1 Å². The summed E-state index contributed by atoms with van der Waals surface area (Å²) < 4.78 is 46.9. The average Bonchev–Trinajstić information content (AvgIpc) is 2.42. The van der Waals surface area contributed by atoms with Crippen LogP contribution in [0.1, 0.15) is 25.8 Å². The Balaban J connectivity index is 2.24. The van der Waals surface area contributed by atoms with Gasteiger partial charge >= 0.3 is 0 Å². The zero-order valence-electron chi connectivity index (χ0n) is 12.7. The Bertz CT molecular complexity index is 601. The SMILES string of the molecule is CC(C)NS(=O)(=O)[C@H]1CCOC[C@H]1Cc1c(F)cccc1Cl. The molecular formula is C15H21ClFNO3S. The van der Waals surface area contributed by atoms with E-state index in [9.17, 15) is 12.8 Å². The summed E-state index contributed by atoms with van der Waals surface area (Å²) in [6.45, 7) is 4.23. The molecule has 1 aromatic rings. The summed E-state index contributed by atoms with van der Waals surface area (Å²) in [5.41, 5.74) is 0.351. The van der Waals surface area contributed by atoms with Crippen LogP contribution in [0.4, 0.5) is 4.39 Å². The van der Waals surface area contributed by atoms with Crippen molar-refractivity contribution in [3.8, 4) is 0 Å². The van der Waals surface area contributed by atoms with Crippen LogP contribution in [0.15, 0.2) is 18.2 Å². The third kappa shape index (κ3) is 4.19. The van der Waals surface area contributed by atoms with Crippen molar-refractivity contribution in [1.29, 1.82) is 0 Å². The molecular weight excluding hydrogens is 329 g/mol. The molecule has 124 valence electrons. The third-order valence-electron chi connectivity index (χ3n) is 3.73. The van der Waals surface area contributed by atoms with Crippen LogP contribution in [0, 0.1) is 11.7 Å². The summed E-state index contributed by atoms with van der Waals surface area (Å²) in [6.07, 6.45) is 0.647. The lowest BCUT2D eigenvalue weighted by atomic mass is 9.93. The summed E-state index contributed by atoms with van der Waals surface area (Å²) in [6, 6.07) is 4.30. The van der Waals surface area contributed by atoms with Gasteiger partial charge < -0.3 is 4.74 Å². The lowest BCUT2D eigenvalue weighted by Crippen LogP contribution is -2.46. The number of rotatable bonds is 5. The van der Waals surface area contributed by atoms with Crippen molar-refractivity contribution >= 4 is 21.6 Å². The Morgan fingerprint density at radius 1 is 1.45 bits per heavy atom. The highest BCUT2D eigenvalue weighted by Gasteiger charge is 2.37. The van der Waals surface area contributed by atoms with E-state index >= 15 is 0 Å². The minimum absolute atomic E-state index is 0.175. The van der Waals surface area contributed by atoms with Crippen LogP contribution < -0.4 is 4.72 Å². The molecule has 0 aromatic heterocycles. The maximum Gasteiger partial charge on any atom is 0.215 e. The first-order valence-electron chi connectivity index (χ1n) is 7.33. The van der Waals surface area contributed by atoms with Gasteiger partial charge in [-0.05, 0) is 38.8 Å². The van der Waals surface area contributed by atoms with Gasteiger partial charge in [-0.15, -0.1) is 0 Å². The van der Waals surface area contributed by atoms with Crippen molar-refractivity contribution in [1.82, 2.24) is 4.72 Å². The molecule has 22 heavy (non-hydrogen) atoms. The van der Waals surface area contributed by atoms with Crippen LogP contribution in [0.3, 0.4) is 0 Å². The molecule has 1 aromatic carbocycles. The maximum atomic E-state index is 13.9. The standard InChI is InChI=1S/C15H21ClFNO3S/c1-10(2)18-22(19,20)15-6-7-21-9-11(15)8-12-13(16)4-3-5-14(12)17/h3-5,10-11,15,18H,6-9H2,1-2H3/t11-,15+/m1/s1. The van der Waals surface area contributed by atoms with Crippen molar-refractivity contribution < 1.29 is 17.5 Å². The molecule has 7 heteroatoms. The predicted octanol–water partition coefficient (Wildman–Crippen LogP) is 2.75. The fourth-order valence-electron chi connectivity index (χ4n) is 2.78. The first kappa shape index (κ1) is 17.7. The largest absolute Gasteiger partial charge is 0.381 e. The molecule has 0 unspecified atom stereocenters. The van der Waals surface area contributed by atoms with E-state index in [-0.39, 0.29) is 25.0 Å². The Hall–Kier alpha value is -0.690. The van der Waals surface area contributed by atoms with Gasteiger partial charge in [0.1, 0.15) is 5.82 Å². The van der Waals surface area contributed by atoms with Crippen LogP contribution in [0.5, 0.6) is 0 Å². The van der Waals surface area contributed by atoms with E-state index in [1.807, 2.05) is 0 Å². The average molecular weight is 350 g/mol. The molecule has 4 nitrogen and oxygen atoms in total. The van der Waals surface area contributed by atoms with Crippen molar-refractivity contribution in [2.45, 2.75) is 38.0 Å². The molecule has 0 spiro atoms. The Morgan fingerprint density at radius 3 is 2.82 bits per heavy atom. The van der Waals surface area contributed by atoms with Gasteiger partial charge in [-0.2, -0.15) is 0 Å². The van der Waals surface area contributed by atoms with Gasteiger partial charge in [0.15, 0.2) is 0 Å². The van der Waals surface area contributed by atoms with Crippen LogP contribution in [0.2, 0.25) is 5.02 Å². The van der Waals surface area contributed by atoms with Crippen molar-refractivity contribution in [3.63, 3.8) is 0 Å². The molecule has 1 aliphatic heterocycles. The quantitative estimate of drug-likeness (QED) is 0.889. The zero-order valence-corrected chi connectivity index (χ0v) is 14.3. The lowest BCUT2D eigenvalue weighted by molar-refractivity contribution is 0.0567. The normalized spacial score (nSPS) is 23.0. The molecule has 1 saturated heterocycles. The Morgan fingerprint density at radius 2 is 2.18 bits per heavy atom. The van der Waals surface area contributed by atoms with Gasteiger partial charge in [0, 0.05) is 29.2 Å². The number of sulfonamides is 1. The number of halogens is 2. The molecule has 0 amide bonds. The van der Waals surface area contributed by atoms with Gasteiger partial charge in [0.05, 0.1) is 11.9 Å². The van der Waals surface area contributed by atoms with E-state index in [1.54, 1.807) is 19.9 Å². The van der Waals surface area contributed by atoms with Crippen molar-refractivity contribution in [3.05, 3.63) is 34.6 Å². The minimum Gasteiger partial charge on any atom is -0.381 e. The molecule has 0 bridgehead atoms. The van der Waals surface area contributed by atoms with E-state index in [2.05, 4.69) is 4.72 Å². The van der Waals surface area contributed by atoms with Gasteiger partial charge in [-0.3, -0.25) is 0 Å². The first-order chi connectivity index (χ1) is 10.3. The molecule has 1 N–H and O–H groups in total. The molecule has 1 heterocycles. The number of benzene rings is 1. The summed E-state index contributed by atoms with van der Waals surface area (Å²) in [7, 11) is -3.47. The summed E-state index contributed by atoms with van der Waals surface area (Å²) in [5.74, 6) is -0.731. The predicted molar refractivity (Wildman–Crippen MR) is 85.0 cm³/mol. The second-order valence-corrected chi connectivity index (χ2v) is 8.22. The van der Waals surface area contributed by atoms with E-state index in [0.29, 0.717) is 23.6 Å². The molecule has 2 rings (SSSR count). The topological polar surface area (TPSA) is 55.4 Å². The fourth-order valence-corrected chi connectivity index (χ4v) is 4.94. The molecule has 1 fully saturated rings. The summed E-state index contributed by atoms with van der Waals surface area (Å²) >= 11 is 6.05. The first-order valence-corrected chi connectivity index (χ1v) is 9.25. The van der Waals surface area contributed by atoms with E-state index in [4.69, 9.17) is 16.3 Å². The second kappa shape index (κ2) is 7.25. The lowest BCUT2D eigenvalue weighted by Gasteiger charge is -2.32. The number of ether oxygens (including phenoxy) is 1. The number of hydrogen-bond acceptors (Lipinski definition) is 3. The smallest absolute Gasteiger partial charge is 0.215 e. The van der Waals surface area contributed by atoms with E-state index < -0.39 is 21.1 Å². The molecule has 2 atom stereocenters. The highest BCUT2D eigenvalue weighted by atomic mass is 35.5. The van der Waals surface area contributed by atoms with Gasteiger partial charge in [-0.25, -0.2) is 17.5 Å². The van der Waals surface area contributed by atoms with Crippen molar-refractivity contribution in [2.75, 3.05) is 13.2 Å². The van der Waals surface area contributed by atoms with Gasteiger partial charge in [-0.1, -0.05) is 17.7 Å². The summed E-state index contributed by atoms with van der Waals surface area (Å²) in [5, 5.41) is -0.280. The maximum absolute atomic E-state index is 13.9. The van der Waals surface area contributed by atoms with Crippen molar-refractivity contribution in [2.24, 2.45) is 5.92 Å². The number of hydrogen-bond donors (Lipinski definition) is 1. The highest BCUT2D eigenvalue weighted by molar-refractivity contribution is 7.90. The molecule has 0 aliphatic carbocycles. The second-order valence-electron chi connectivity index (χ2n) is 5.88. The van der Waals surface area contributed by atoms with Crippen LogP contribution in [0.25, 0.3) is 0 Å². The molecule has 0 radical (unpaired) electrons. The van der Waals surface area contributed by atoms with Crippen LogP contribution in [-0.4, -0.2) is 32.9 Å². The zero-order chi connectivity index (χ0) is 16.3. The van der Waals surface area contributed by atoms with Crippen LogP contribution >= 0.6 is 11.6 Å². The minimum atomic E-state index is -3.47. The number of nitrogens with one attached hydrogen (secondary N) is 1. The van der Waals surface area contributed by atoms with Gasteiger partial charge in [0.2, 0.25) is 10.0 Å². The summed E-state index contributed by atoms with van der Waals surface area (Å²) in [4.78, 5) is 0. The molecule has 0 saturated carbocycles. The van der Waals surface area contributed by atoms with E-state index in [0.717, 1.165) is 0 Å². The Labute approximate surface area is 136 Å². The third-order valence-corrected chi connectivity index (χ3v) is 6.30. The van der Waals surface area contributed by atoms with Gasteiger partial charge in [0.25, 0.3) is 0 Å². The fraction of sp³-hybridized carbons (Fsp3) is 0.600.